The molecule has 2 aromatic carbocycles. The minimum absolute atomic E-state index is 0.0140. The summed E-state index contributed by atoms with van der Waals surface area (Å²) >= 11 is 0. The van der Waals surface area contributed by atoms with Gasteiger partial charge in [0.05, 0.1) is 13.0 Å². The molecule has 5 nitrogen and oxygen atoms in total. The molecule has 2 N–H and O–H groups in total. The van der Waals surface area contributed by atoms with Gasteiger partial charge in [-0.05, 0) is 54.8 Å². The third kappa shape index (κ3) is 7.13. The molecule has 0 heterocycles. The first-order valence-electron chi connectivity index (χ1n) is 9.21. The van der Waals surface area contributed by atoms with Gasteiger partial charge in [-0.2, -0.15) is 0 Å². The number of anilines is 1. The topological polar surface area (TPSA) is 67.4 Å². The molecule has 0 aliphatic heterocycles. The lowest BCUT2D eigenvalue weighted by Gasteiger charge is -2.10. The first kappa shape index (κ1) is 20.5. The standard InChI is InChI=1S/C22H28N2O3/c1-15(2)22(26)24-19-7-5-18(6-8-19)14-23-21(25)9-10-27-20-12-16(3)11-17(4)13-20/h5-8,11-13,15H,9-10,14H2,1-4H3,(H,23,25)(H,24,26). The third-order valence-corrected chi connectivity index (χ3v) is 4.03. The van der Waals surface area contributed by atoms with E-state index in [1.807, 2.05) is 64.1 Å². The second kappa shape index (κ2) is 9.76. The van der Waals surface area contributed by atoms with Crippen LogP contribution in [0.5, 0.6) is 5.75 Å². The first-order chi connectivity index (χ1) is 12.8. The Morgan fingerprint density at radius 3 is 2.22 bits per heavy atom. The monoisotopic (exact) mass is 368 g/mol. The number of benzene rings is 2. The van der Waals surface area contributed by atoms with E-state index in [1.54, 1.807) is 0 Å². The molecule has 0 atom stereocenters. The highest BCUT2D eigenvalue weighted by molar-refractivity contribution is 5.92. The molecule has 0 bridgehead atoms. The van der Waals surface area contributed by atoms with Gasteiger partial charge in [-0.25, -0.2) is 0 Å². The highest BCUT2D eigenvalue weighted by atomic mass is 16.5. The molecule has 0 aliphatic carbocycles. The fourth-order valence-electron chi connectivity index (χ4n) is 2.56. The van der Waals surface area contributed by atoms with Crippen LogP contribution in [0.1, 0.15) is 37.0 Å². The highest BCUT2D eigenvalue weighted by Gasteiger charge is 2.07. The number of carbonyl (C=O) groups excluding carboxylic acids is 2. The zero-order valence-corrected chi connectivity index (χ0v) is 16.5. The Hall–Kier alpha value is -2.82. The average Bonchev–Trinajstić information content (AvgIpc) is 2.60. The smallest absolute Gasteiger partial charge is 0.226 e. The molecule has 0 spiro atoms. The third-order valence-electron chi connectivity index (χ3n) is 4.03. The molecule has 0 fully saturated rings. The van der Waals surface area contributed by atoms with Gasteiger partial charge < -0.3 is 15.4 Å². The van der Waals surface area contributed by atoms with Gasteiger partial charge in [0.25, 0.3) is 0 Å². The van der Waals surface area contributed by atoms with E-state index in [0.29, 0.717) is 19.6 Å². The second-order valence-corrected chi connectivity index (χ2v) is 7.04. The van der Waals surface area contributed by atoms with Gasteiger partial charge in [-0.15, -0.1) is 0 Å². The maximum Gasteiger partial charge on any atom is 0.226 e. The van der Waals surface area contributed by atoms with Crippen molar-refractivity contribution in [3.63, 3.8) is 0 Å². The second-order valence-electron chi connectivity index (χ2n) is 7.04. The van der Waals surface area contributed by atoms with Gasteiger partial charge in [0.15, 0.2) is 0 Å². The number of amides is 2. The van der Waals surface area contributed by atoms with Crippen LogP contribution < -0.4 is 15.4 Å². The molecule has 2 amide bonds. The molecule has 0 saturated heterocycles. The van der Waals surface area contributed by atoms with E-state index in [0.717, 1.165) is 28.1 Å². The van der Waals surface area contributed by atoms with Crippen molar-refractivity contribution in [3.05, 3.63) is 59.2 Å². The lowest BCUT2D eigenvalue weighted by Crippen LogP contribution is -2.24. The average molecular weight is 368 g/mol. The minimum atomic E-state index is -0.0603. The Balaban J connectivity index is 1.72. The largest absolute Gasteiger partial charge is 0.493 e. The number of hydrogen-bond donors (Lipinski definition) is 2. The maximum atomic E-state index is 12.0. The summed E-state index contributed by atoms with van der Waals surface area (Å²) in [6.07, 6.45) is 0.301. The fraction of sp³-hybridized carbons (Fsp3) is 0.364. The summed E-state index contributed by atoms with van der Waals surface area (Å²) in [6, 6.07) is 13.5. The molecular formula is C22H28N2O3. The van der Waals surface area contributed by atoms with Crippen LogP contribution in [0.15, 0.2) is 42.5 Å². The molecule has 0 unspecified atom stereocenters. The summed E-state index contributed by atoms with van der Waals surface area (Å²) in [5.74, 6) is 0.658. The molecule has 27 heavy (non-hydrogen) atoms. The summed E-state index contributed by atoms with van der Waals surface area (Å²) in [5, 5.41) is 5.72. The fourth-order valence-corrected chi connectivity index (χ4v) is 2.56. The minimum Gasteiger partial charge on any atom is -0.493 e. The van der Waals surface area contributed by atoms with Crippen LogP contribution in [0.25, 0.3) is 0 Å². The summed E-state index contributed by atoms with van der Waals surface area (Å²) in [5.41, 5.74) is 4.01. The van der Waals surface area contributed by atoms with Crippen molar-refractivity contribution in [3.8, 4) is 5.75 Å². The van der Waals surface area contributed by atoms with E-state index >= 15 is 0 Å². The Labute approximate surface area is 161 Å². The number of rotatable bonds is 8. The molecule has 5 heteroatoms. The van der Waals surface area contributed by atoms with E-state index < -0.39 is 0 Å². The summed E-state index contributed by atoms with van der Waals surface area (Å²) in [6.45, 7) is 8.53. The first-order valence-corrected chi connectivity index (χ1v) is 9.21. The number of aryl methyl sites for hydroxylation is 2. The van der Waals surface area contributed by atoms with E-state index in [4.69, 9.17) is 4.74 Å². The lowest BCUT2D eigenvalue weighted by atomic mass is 10.1. The molecule has 0 aromatic heterocycles. The molecule has 0 saturated carbocycles. The van der Waals surface area contributed by atoms with Crippen molar-refractivity contribution >= 4 is 17.5 Å². The quantitative estimate of drug-likeness (QED) is 0.740. The predicted octanol–water partition coefficient (Wildman–Crippen LogP) is 3.98. The van der Waals surface area contributed by atoms with E-state index in [1.165, 1.54) is 0 Å². The van der Waals surface area contributed by atoms with Crippen molar-refractivity contribution in [1.82, 2.24) is 5.32 Å². The Kier molecular flexibility index (Phi) is 7.41. The normalized spacial score (nSPS) is 10.6. The van der Waals surface area contributed by atoms with Crippen LogP contribution in [0.3, 0.4) is 0 Å². The molecular weight excluding hydrogens is 340 g/mol. The molecule has 144 valence electrons. The Bertz CT molecular complexity index is 762. The van der Waals surface area contributed by atoms with Gasteiger partial charge >= 0.3 is 0 Å². The molecule has 2 aromatic rings. The molecule has 0 radical (unpaired) electrons. The summed E-state index contributed by atoms with van der Waals surface area (Å²) in [7, 11) is 0. The van der Waals surface area contributed by atoms with Crippen LogP contribution >= 0.6 is 0 Å². The van der Waals surface area contributed by atoms with Gasteiger partial charge in [0, 0.05) is 18.2 Å². The zero-order valence-electron chi connectivity index (χ0n) is 16.5. The van der Waals surface area contributed by atoms with Crippen molar-refractivity contribution < 1.29 is 14.3 Å². The van der Waals surface area contributed by atoms with E-state index in [9.17, 15) is 9.59 Å². The number of nitrogens with one attached hydrogen (secondary N) is 2. The van der Waals surface area contributed by atoms with Gasteiger partial charge in [-0.1, -0.05) is 32.0 Å². The number of hydrogen-bond acceptors (Lipinski definition) is 3. The van der Waals surface area contributed by atoms with Crippen LogP contribution in [0, 0.1) is 19.8 Å². The van der Waals surface area contributed by atoms with Crippen LogP contribution in [-0.4, -0.2) is 18.4 Å². The van der Waals surface area contributed by atoms with Crippen molar-refractivity contribution in [2.24, 2.45) is 5.92 Å². The molecule has 0 aliphatic rings. The molecule has 2 rings (SSSR count). The van der Waals surface area contributed by atoms with Crippen molar-refractivity contribution in [2.75, 3.05) is 11.9 Å². The van der Waals surface area contributed by atoms with Crippen LogP contribution in [0.4, 0.5) is 5.69 Å². The van der Waals surface area contributed by atoms with E-state index in [-0.39, 0.29) is 17.7 Å². The summed E-state index contributed by atoms with van der Waals surface area (Å²) in [4.78, 5) is 23.7. The zero-order chi connectivity index (χ0) is 19.8. The SMILES string of the molecule is Cc1cc(C)cc(OCCC(=O)NCc2ccc(NC(=O)C(C)C)cc2)c1. The predicted molar refractivity (Wildman–Crippen MR) is 108 cm³/mol. The number of carbonyl (C=O) groups is 2. The number of ether oxygens (including phenoxy) is 1. The van der Waals surface area contributed by atoms with Crippen LogP contribution in [-0.2, 0) is 16.1 Å². The van der Waals surface area contributed by atoms with Gasteiger partial charge in [-0.3, -0.25) is 9.59 Å². The van der Waals surface area contributed by atoms with Crippen molar-refractivity contribution in [1.29, 1.82) is 0 Å². The van der Waals surface area contributed by atoms with Crippen molar-refractivity contribution in [2.45, 2.75) is 40.7 Å². The van der Waals surface area contributed by atoms with Gasteiger partial charge in [0.2, 0.25) is 11.8 Å². The van der Waals surface area contributed by atoms with E-state index in [2.05, 4.69) is 16.7 Å². The Morgan fingerprint density at radius 1 is 1.00 bits per heavy atom. The lowest BCUT2D eigenvalue weighted by molar-refractivity contribution is -0.121. The van der Waals surface area contributed by atoms with Crippen LogP contribution in [0.2, 0.25) is 0 Å². The van der Waals surface area contributed by atoms with Gasteiger partial charge in [0.1, 0.15) is 5.75 Å². The Morgan fingerprint density at radius 2 is 1.63 bits per heavy atom. The summed E-state index contributed by atoms with van der Waals surface area (Å²) < 4.78 is 5.66. The highest BCUT2D eigenvalue weighted by Crippen LogP contribution is 2.16. The maximum absolute atomic E-state index is 12.0.